The fourth-order valence-electron chi connectivity index (χ4n) is 3.84. The summed E-state index contributed by atoms with van der Waals surface area (Å²) >= 11 is 1.58. The molecule has 30 heavy (non-hydrogen) atoms. The van der Waals surface area contributed by atoms with Crippen molar-refractivity contribution in [1.29, 1.82) is 0 Å². The van der Waals surface area contributed by atoms with Gasteiger partial charge in [-0.1, -0.05) is 65.9 Å². The number of thiazole rings is 1. The minimum absolute atomic E-state index is 0.0908. The summed E-state index contributed by atoms with van der Waals surface area (Å²) in [5.41, 5.74) is 3.99. The molecule has 1 amide bonds. The standard InChI is InChI=1S/C25H22N2O2S/c28-24(20-12-10-19(11-13-20)18-6-2-1-3-7-18)27-16-14-21(15-17-27)29-25-26-22-8-4-5-9-23(22)30-25/h1-13,21H,14-17H2. The molecule has 0 spiro atoms. The van der Waals surface area contributed by atoms with Gasteiger partial charge in [-0.15, -0.1) is 0 Å². The summed E-state index contributed by atoms with van der Waals surface area (Å²) in [7, 11) is 0. The van der Waals surface area contributed by atoms with Crippen LogP contribution in [-0.4, -0.2) is 35.0 Å². The van der Waals surface area contributed by atoms with Crippen molar-refractivity contribution >= 4 is 27.5 Å². The number of carbonyl (C=O) groups is 1. The van der Waals surface area contributed by atoms with Crippen molar-refractivity contribution < 1.29 is 9.53 Å². The summed E-state index contributed by atoms with van der Waals surface area (Å²) in [5, 5.41) is 0.720. The van der Waals surface area contributed by atoms with Gasteiger partial charge >= 0.3 is 0 Å². The topological polar surface area (TPSA) is 42.4 Å². The average Bonchev–Trinajstić information content (AvgIpc) is 3.22. The van der Waals surface area contributed by atoms with E-state index in [9.17, 15) is 4.79 Å². The number of fused-ring (bicyclic) bond motifs is 1. The molecule has 0 saturated carbocycles. The zero-order chi connectivity index (χ0) is 20.3. The van der Waals surface area contributed by atoms with Crippen LogP contribution in [0.5, 0.6) is 5.19 Å². The predicted molar refractivity (Wildman–Crippen MR) is 121 cm³/mol. The van der Waals surface area contributed by atoms with Gasteiger partial charge in [0.2, 0.25) is 0 Å². The van der Waals surface area contributed by atoms with E-state index in [0.29, 0.717) is 13.1 Å². The monoisotopic (exact) mass is 414 g/mol. The molecule has 4 nitrogen and oxygen atoms in total. The third kappa shape index (κ3) is 3.94. The number of para-hydroxylation sites is 1. The van der Waals surface area contributed by atoms with E-state index >= 15 is 0 Å². The summed E-state index contributed by atoms with van der Waals surface area (Å²) in [6.07, 6.45) is 1.75. The second-order valence-corrected chi connectivity index (χ2v) is 8.49. The number of likely N-dealkylation sites (tertiary alicyclic amines) is 1. The molecule has 1 aliphatic heterocycles. The molecular formula is C25H22N2O2S. The molecule has 0 unspecified atom stereocenters. The number of aromatic nitrogens is 1. The van der Waals surface area contributed by atoms with E-state index in [-0.39, 0.29) is 12.0 Å². The molecule has 2 heterocycles. The normalized spacial score (nSPS) is 14.7. The third-order valence-corrected chi connectivity index (χ3v) is 6.44. The first-order valence-electron chi connectivity index (χ1n) is 10.2. The van der Waals surface area contributed by atoms with Crippen LogP contribution in [-0.2, 0) is 0 Å². The van der Waals surface area contributed by atoms with E-state index in [4.69, 9.17) is 4.74 Å². The predicted octanol–water partition coefficient (Wildman–Crippen LogP) is 5.65. The first-order chi connectivity index (χ1) is 14.8. The molecule has 1 saturated heterocycles. The highest BCUT2D eigenvalue weighted by molar-refractivity contribution is 7.20. The Balaban J connectivity index is 1.19. The first-order valence-corrected chi connectivity index (χ1v) is 11.0. The van der Waals surface area contributed by atoms with Crippen molar-refractivity contribution in [2.45, 2.75) is 18.9 Å². The van der Waals surface area contributed by atoms with Gasteiger partial charge in [-0.3, -0.25) is 4.79 Å². The van der Waals surface area contributed by atoms with Crippen LogP contribution in [0.25, 0.3) is 21.3 Å². The molecule has 1 fully saturated rings. The molecule has 5 heteroatoms. The number of rotatable bonds is 4. The van der Waals surface area contributed by atoms with Crippen molar-refractivity contribution in [2.24, 2.45) is 0 Å². The van der Waals surface area contributed by atoms with Gasteiger partial charge in [-0.25, -0.2) is 4.98 Å². The Morgan fingerprint density at radius 1 is 0.867 bits per heavy atom. The zero-order valence-corrected chi connectivity index (χ0v) is 17.3. The van der Waals surface area contributed by atoms with Gasteiger partial charge in [-0.05, 0) is 35.4 Å². The second-order valence-electron chi connectivity index (χ2n) is 7.50. The lowest BCUT2D eigenvalue weighted by Gasteiger charge is -2.31. The number of carbonyl (C=O) groups excluding carboxylic acids is 1. The fourth-order valence-corrected chi connectivity index (χ4v) is 4.72. The number of piperidine rings is 1. The lowest BCUT2D eigenvalue weighted by molar-refractivity contribution is 0.0595. The van der Waals surface area contributed by atoms with Gasteiger partial charge in [0, 0.05) is 31.5 Å². The van der Waals surface area contributed by atoms with Crippen molar-refractivity contribution in [3.63, 3.8) is 0 Å². The lowest BCUT2D eigenvalue weighted by Crippen LogP contribution is -2.41. The fraction of sp³-hybridized carbons (Fsp3) is 0.200. The Morgan fingerprint density at radius 2 is 1.53 bits per heavy atom. The van der Waals surface area contributed by atoms with Gasteiger partial charge in [0.25, 0.3) is 11.1 Å². The molecule has 0 radical (unpaired) electrons. The molecule has 150 valence electrons. The average molecular weight is 415 g/mol. The van der Waals surface area contributed by atoms with Gasteiger partial charge < -0.3 is 9.64 Å². The van der Waals surface area contributed by atoms with Crippen LogP contribution in [0, 0.1) is 0 Å². The van der Waals surface area contributed by atoms with E-state index in [1.165, 1.54) is 0 Å². The van der Waals surface area contributed by atoms with Crippen LogP contribution < -0.4 is 4.74 Å². The highest BCUT2D eigenvalue weighted by atomic mass is 32.1. The van der Waals surface area contributed by atoms with Crippen LogP contribution in [0.2, 0.25) is 0 Å². The maximum atomic E-state index is 12.9. The Hall–Kier alpha value is -3.18. The maximum Gasteiger partial charge on any atom is 0.274 e. The molecule has 0 bridgehead atoms. The highest BCUT2D eigenvalue weighted by Crippen LogP contribution is 2.30. The van der Waals surface area contributed by atoms with Crippen LogP contribution in [0.15, 0.2) is 78.9 Å². The van der Waals surface area contributed by atoms with E-state index < -0.39 is 0 Å². The first kappa shape index (κ1) is 18.8. The largest absolute Gasteiger partial charge is 0.467 e. The smallest absolute Gasteiger partial charge is 0.274 e. The Bertz CT molecular complexity index is 1110. The molecular weight excluding hydrogens is 392 g/mol. The minimum Gasteiger partial charge on any atom is -0.467 e. The zero-order valence-electron chi connectivity index (χ0n) is 16.5. The number of hydrogen-bond donors (Lipinski definition) is 0. The van der Waals surface area contributed by atoms with Gasteiger partial charge in [0.1, 0.15) is 6.10 Å². The maximum absolute atomic E-state index is 12.9. The van der Waals surface area contributed by atoms with Gasteiger partial charge in [0.05, 0.1) is 10.2 Å². The molecule has 4 aromatic rings. The third-order valence-electron chi connectivity index (χ3n) is 5.51. The van der Waals surface area contributed by atoms with Crippen molar-refractivity contribution in [1.82, 2.24) is 9.88 Å². The van der Waals surface area contributed by atoms with E-state index in [1.54, 1.807) is 11.3 Å². The van der Waals surface area contributed by atoms with E-state index in [1.807, 2.05) is 65.6 Å². The molecule has 0 N–H and O–H groups in total. The SMILES string of the molecule is O=C(c1ccc(-c2ccccc2)cc1)N1CCC(Oc2nc3ccccc3s2)CC1. The number of hydrogen-bond acceptors (Lipinski definition) is 4. The number of benzene rings is 3. The summed E-state index contributed by atoms with van der Waals surface area (Å²) in [4.78, 5) is 19.4. The summed E-state index contributed by atoms with van der Waals surface area (Å²) < 4.78 is 7.25. The van der Waals surface area contributed by atoms with Gasteiger partial charge in [0.15, 0.2) is 0 Å². The van der Waals surface area contributed by atoms with Crippen LogP contribution >= 0.6 is 11.3 Å². The van der Waals surface area contributed by atoms with Crippen LogP contribution in [0.3, 0.4) is 0 Å². The second kappa shape index (κ2) is 8.28. The van der Waals surface area contributed by atoms with Crippen LogP contribution in [0.1, 0.15) is 23.2 Å². The van der Waals surface area contributed by atoms with Crippen molar-refractivity contribution in [3.05, 3.63) is 84.4 Å². The molecule has 0 aliphatic carbocycles. The number of nitrogens with zero attached hydrogens (tertiary/aromatic N) is 2. The Kier molecular flexibility index (Phi) is 5.20. The summed E-state index contributed by atoms with van der Waals surface area (Å²) in [5.74, 6) is 0.0908. The molecule has 1 aromatic heterocycles. The number of amides is 1. The van der Waals surface area contributed by atoms with Crippen molar-refractivity contribution in [2.75, 3.05) is 13.1 Å². The quantitative estimate of drug-likeness (QED) is 0.434. The molecule has 0 atom stereocenters. The molecule has 5 rings (SSSR count). The lowest BCUT2D eigenvalue weighted by atomic mass is 10.0. The molecule has 3 aromatic carbocycles. The Morgan fingerprint density at radius 3 is 2.27 bits per heavy atom. The minimum atomic E-state index is 0.0908. The summed E-state index contributed by atoms with van der Waals surface area (Å²) in [6, 6.07) is 26.2. The van der Waals surface area contributed by atoms with Gasteiger partial charge in [-0.2, -0.15) is 0 Å². The Labute approximate surface area is 179 Å². The van der Waals surface area contributed by atoms with Crippen LogP contribution in [0.4, 0.5) is 0 Å². The number of ether oxygens (including phenoxy) is 1. The van der Waals surface area contributed by atoms with E-state index in [0.717, 1.165) is 44.9 Å². The summed E-state index contributed by atoms with van der Waals surface area (Å²) in [6.45, 7) is 1.41. The highest BCUT2D eigenvalue weighted by Gasteiger charge is 2.25. The van der Waals surface area contributed by atoms with Crippen molar-refractivity contribution in [3.8, 4) is 16.3 Å². The molecule has 1 aliphatic rings. The van der Waals surface area contributed by atoms with E-state index in [2.05, 4.69) is 23.2 Å².